The molecule has 4 rings (SSSR count). The number of carbonyl (C=O) groups excluding carboxylic acids is 2. The maximum Gasteiger partial charge on any atom is 0.243 e. The van der Waals surface area contributed by atoms with Gasteiger partial charge in [0.2, 0.25) is 11.8 Å². The van der Waals surface area contributed by atoms with E-state index in [0.717, 1.165) is 47.9 Å². The van der Waals surface area contributed by atoms with Gasteiger partial charge in [-0.2, -0.15) is 0 Å². The monoisotopic (exact) mass is 522 g/mol. The van der Waals surface area contributed by atoms with E-state index in [4.69, 9.17) is 23.2 Å². The zero-order valence-corrected chi connectivity index (χ0v) is 22.1. The summed E-state index contributed by atoms with van der Waals surface area (Å²) in [5.41, 5.74) is 3.85. The molecule has 0 aliphatic heterocycles. The molecule has 1 aliphatic carbocycles. The zero-order valence-electron chi connectivity index (χ0n) is 20.6. The highest BCUT2D eigenvalue weighted by Gasteiger charge is 2.32. The summed E-state index contributed by atoms with van der Waals surface area (Å²) in [6.07, 6.45) is 4.84. The van der Waals surface area contributed by atoms with E-state index >= 15 is 0 Å². The first-order valence-electron chi connectivity index (χ1n) is 12.5. The van der Waals surface area contributed by atoms with Crippen LogP contribution in [-0.2, 0) is 29.0 Å². The quantitative estimate of drug-likeness (QED) is 0.346. The highest BCUT2D eigenvalue weighted by atomic mass is 35.5. The third-order valence-corrected chi connectivity index (χ3v) is 7.49. The van der Waals surface area contributed by atoms with Crippen molar-refractivity contribution in [2.45, 2.75) is 64.1 Å². The molecule has 1 N–H and O–H groups in total. The van der Waals surface area contributed by atoms with E-state index in [-0.39, 0.29) is 30.8 Å². The lowest BCUT2D eigenvalue weighted by Gasteiger charge is -2.32. The van der Waals surface area contributed by atoms with Crippen LogP contribution in [0.5, 0.6) is 0 Å². The molecule has 1 atom stereocenters. The molecule has 1 saturated carbocycles. The molecule has 3 aromatic rings. The van der Waals surface area contributed by atoms with Gasteiger partial charge < -0.3 is 10.2 Å². The fourth-order valence-electron chi connectivity index (χ4n) is 4.85. The molecule has 36 heavy (non-hydrogen) atoms. The third-order valence-electron chi connectivity index (χ3n) is 6.75. The number of amides is 2. The first kappa shape index (κ1) is 26.2. The third kappa shape index (κ3) is 7.11. The Kier molecular flexibility index (Phi) is 9.06. The molecular formula is C30H32Cl2N2O2. The van der Waals surface area contributed by atoms with Crippen LogP contribution in [0.15, 0.2) is 72.8 Å². The second kappa shape index (κ2) is 12.4. The molecular weight excluding hydrogens is 491 g/mol. The van der Waals surface area contributed by atoms with Crippen molar-refractivity contribution < 1.29 is 9.59 Å². The molecule has 2 amide bonds. The van der Waals surface area contributed by atoms with Crippen molar-refractivity contribution >= 4 is 35.0 Å². The van der Waals surface area contributed by atoms with Crippen molar-refractivity contribution in [3.63, 3.8) is 0 Å². The smallest absolute Gasteiger partial charge is 0.243 e. The number of nitrogens with one attached hydrogen (secondary N) is 1. The summed E-state index contributed by atoms with van der Waals surface area (Å²) in [6, 6.07) is 22.7. The van der Waals surface area contributed by atoms with Gasteiger partial charge >= 0.3 is 0 Å². The molecule has 188 valence electrons. The first-order valence-corrected chi connectivity index (χ1v) is 13.3. The highest BCUT2D eigenvalue weighted by molar-refractivity contribution is 6.42. The average Bonchev–Trinajstić information content (AvgIpc) is 3.37. The lowest BCUT2D eigenvalue weighted by atomic mass is 10.0. The number of carbonyl (C=O) groups is 2. The van der Waals surface area contributed by atoms with Gasteiger partial charge in [-0.1, -0.05) is 102 Å². The van der Waals surface area contributed by atoms with Gasteiger partial charge in [0.1, 0.15) is 6.04 Å². The maximum absolute atomic E-state index is 13.8. The summed E-state index contributed by atoms with van der Waals surface area (Å²) in [4.78, 5) is 29.3. The number of hydrogen-bond donors (Lipinski definition) is 1. The number of halogens is 2. The van der Waals surface area contributed by atoms with Crippen LogP contribution in [0.25, 0.3) is 0 Å². The Morgan fingerprint density at radius 3 is 2.31 bits per heavy atom. The fraction of sp³-hybridized carbons (Fsp3) is 0.333. The molecule has 0 heterocycles. The van der Waals surface area contributed by atoms with E-state index in [0.29, 0.717) is 16.5 Å². The van der Waals surface area contributed by atoms with Crippen LogP contribution in [0.1, 0.15) is 47.9 Å². The van der Waals surface area contributed by atoms with Gasteiger partial charge in [0.15, 0.2) is 0 Å². The average molecular weight is 524 g/mol. The zero-order chi connectivity index (χ0) is 25.5. The Morgan fingerprint density at radius 2 is 1.61 bits per heavy atom. The predicted molar refractivity (Wildman–Crippen MR) is 146 cm³/mol. The minimum atomic E-state index is -0.653. The van der Waals surface area contributed by atoms with Crippen LogP contribution >= 0.6 is 23.2 Å². The normalized spacial score (nSPS) is 14.4. The fourth-order valence-corrected chi connectivity index (χ4v) is 5.18. The van der Waals surface area contributed by atoms with Crippen molar-refractivity contribution in [3.05, 3.63) is 105 Å². The summed E-state index contributed by atoms with van der Waals surface area (Å²) in [6.45, 7) is 2.27. The summed E-state index contributed by atoms with van der Waals surface area (Å²) in [5, 5.41) is 4.12. The molecule has 0 spiro atoms. The van der Waals surface area contributed by atoms with Crippen LogP contribution < -0.4 is 5.32 Å². The van der Waals surface area contributed by atoms with Crippen molar-refractivity contribution in [2.75, 3.05) is 0 Å². The van der Waals surface area contributed by atoms with Gasteiger partial charge in [-0.3, -0.25) is 9.59 Å². The minimum absolute atomic E-state index is 0.103. The predicted octanol–water partition coefficient (Wildman–Crippen LogP) is 6.54. The molecule has 1 aliphatic rings. The van der Waals surface area contributed by atoms with Gasteiger partial charge in [-0.05, 0) is 48.6 Å². The SMILES string of the molecule is Cc1cccc(CC(=O)N(Cc2ccc(Cl)c(Cl)c2)[C@H](Cc2ccccc2)C(=O)NC2CCCC2)c1. The van der Waals surface area contributed by atoms with E-state index in [9.17, 15) is 9.59 Å². The van der Waals surface area contributed by atoms with Crippen molar-refractivity contribution in [2.24, 2.45) is 0 Å². The second-order valence-electron chi connectivity index (χ2n) is 9.63. The Balaban J connectivity index is 1.67. The molecule has 0 bridgehead atoms. The van der Waals surface area contributed by atoms with Crippen molar-refractivity contribution in [1.82, 2.24) is 10.2 Å². The number of nitrogens with zero attached hydrogens (tertiary/aromatic N) is 1. The molecule has 0 saturated heterocycles. The van der Waals surface area contributed by atoms with Gasteiger partial charge in [0.25, 0.3) is 0 Å². The number of benzene rings is 3. The lowest BCUT2D eigenvalue weighted by molar-refractivity contribution is -0.141. The van der Waals surface area contributed by atoms with E-state index in [2.05, 4.69) is 5.32 Å². The van der Waals surface area contributed by atoms with Gasteiger partial charge in [0, 0.05) is 19.0 Å². The first-order chi connectivity index (χ1) is 17.4. The summed E-state index contributed by atoms with van der Waals surface area (Å²) >= 11 is 12.4. The summed E-state index contributed by atoms with van der Waals surface area (Å²) < 4.78 is 0. The van der Waals surface area contributed by atoms with Crippen LogP contribution in [0.3, 0.4) is 0 Å². The molecule has 0 aromatic heterocycles. The van der Waals surface area contributed by atoms with E-state index in [1.807, 2.05) is 67.6 Å². The van der Waals surface area contributed by atoms with Crippen LogP contribution in [0.2, 0.25) is 10.0 Å². The lowest BCUT2D eigenvalue weighted by Crippen LogP contribution is -2.52. The second-order valence-corrected chi connectivity index (χ2v) is 10.4. The van der Waals surface area contributed by atoms with E-state index < -0.39 is 6.04 Å². The van der Waals surface area contributed by atoms with Crippen LogP contribution in [0, 0.1) is 6.92 Å². The maximum atomic E-state index is 13.8. The Bertz CT molecular complexity index is 1190. The summed E-state index contributed by atoms with van der Waals surface area (Å²) in [7, 11) is 0. The largest absolute Gasteiger partial charge is 0.352 e. The minimum Gasteiger partial charge on any atom is -0.352 e. The number of rotatable bonds is 9. The highest BCUT2D eigenvalue weighted by Crippen LogP contribution is 2.25. The topological polar surface area (TPSA) is 49.4 Å². The molecule has 6 heteroatoms. The van der Waals surface area contributed by atoms with E-state index in [1.54, 1.807) is 17.0 Å². The molecule has 4 nitrogen and oxygen atoms in total. The number of aryl methyl sites for hydroxylation is 1. The Labute approximate surface area is 223 Å². The molecule has 0 radical (unpaired) electrons. The van der Waals surface area contributed by atoms with Gasteiger partial charge in [-0.15, -0.1) is 0 Å². The van der Waals surface area contributed by atoms with Gasteiger partial charge in [0.05, 0.1) is 16.5 Å². The van der Waals surface area contributed by atoms with Crippen LogP contribution in [-0.4, -0.2) is 28.8 Å². The Morgan fingerprint density at radius 1 is 0.889 bits per heavy atom. The van der Waals surface area contributed by atoms with Crippen molar-refractivity contribution in [3.8, 4) is 0 Å². The molecule has 3 aromatic carbocycles. The molecule has 0 unspecified atom stereocenters. The number of hydrogen-bond acceptors (Lipinski definition) is 2. The van der Waals surface area contributed by atoms with Crippen molar-refractivity contribution in [1.29, 1.82) is 0 Å². The van der Waals surface area contributed by atoms with Gasteiger partial charge in [-0.25, -0.2) is 0 Å². The molecule has 1 fully saturated rings. The Hall–Kier alpha value is -2.82. The standard InChI is InChI=1S/C30H32Cl2N2O2/c1-21-8-7-11-23(16-21)19-29(35)34(20-24-14-15-26(31)27(32)17-24)28(18-22-9-3-2-4-10-22)30(36)33-25-12-5-6-13-25/h2-4,7-11,14-17,25,28H,5-6,12-13,18-20H2,1H3,(H,33,36)/t28-/m1/s1. The van der Waals surface area contributed by atoms with E-state index in [1.165, 1.54) is 0 Å². The van der Waals surface area contributed by atoms with Crippen LogP contribution in [0.4, 0.5) is 0 Å². The summed E-state index contributed by atoms with van der Waals surface area (Å²) in [5.74, 6) is -0.211.